The predicted octanol–water partition coefficient (Wildman–Crippen LogP) is 1.76. The maximum absolute atomic E-state index is 10.9. The largest absolute Gasteiger partial charge is 0.299 e. The molecular weight excluding hydrogens is 260 g/mol. The minimum Gasteiger partial charge on any atom is -0.299 e. The molecule has 1 rings (SSSR count). The van der Waals surface area contributed by atoms with Crippen molar-refractivity contribution in [2.75, 3.05) is 25.9 Å². The molecule has 0 spiro atoms. The highest BCUT2D eigenvalue weighted by atomic mass is 32.2. The lowest BCUT2D eigenvalue weighted by atomic mass is 10.1. The molecule has 1 aromatic rings. The summed E-state index contributed by atoms with van der Waals surface area (Å²) in [5, 5.41) is 0. The van der Waals surface area contributed by atoms with Crippen molar-refractivity contribution in [3.8, 4) is 0 Å². The van der Waals surface area contributed by atoms with Crippen molar-refractivity contribution in [3.63, 3.8) is 0 Å². The molecule has 0 amide bonds. The maximum atomic E-state index is 10.9. The van der Waals surface area contributed by atoms with Crippen molar-refractivity contribution in [2.45, 2.75) is 26.8 Å². The van der Waals surface area contributed by atoms with Crippen LogP contribution in [0.4, 0.5) is 0 Å². The van der Waals surface area contributed by atoms with Gasteiger partial charge in [-0.15, -0.1) is 0 Å². The lowest BCUT2D eigenvalue weighted by Gasteiger charge is -2.20. The van der Waals surface area contributed by atoms with Gasteiger partial charge in [-0.05, 0) is 32.0 Å². The van der Waals surface area contributed by atoms with Crippen molar-refractivity contribution >= 4 is 10.0 Å². The zero-order chi connectivity index (χ0) is 14.3. The number of sulfonamides is 1. The molecular formula is C14H24N2O2S. The zero-order valence-corrected chi connectivity index (χ0v) is 12.8. The first kappa shape index (κ1) is 16.1. The van der Waals surface area contributed by atoms with E-state index in [-0.39, 0.29) is 0 Å². The second kappa shape index (κ2) is 7.62. The smallest absolute Gasteiger partial charge is 0.208 e. The Labute approximate surface area is 116 Å². The Bertz CT molecular complexity index is 486. The fourth-order valence-corrected chi connectivity index (χ4v) is 2.49. The van der Waals surface area contributed by atoms with Crippen molar-refractivity contribution in [3.05, 3.63) is 35.4 Å². The second-order valence-electron chi connectivity index (χ2n) is 4.88. The molecule has 0 unspecified atom stereocenters. The fourth-order valence-electron chi connectivity index (χ4n) is 1.98. The molecule has 19 heavy (non-hydrogen) atoms. The number of benzene rings is 1. The highest BCUT2D eigenvalue weighted by Crippen LogP contribution is 2.07. The van der Waals surface area contributed by atoms with Crippen LogP contribution < -0.4 is 4.72 Å². The first-order chi connectivity index (χ1) is 8.90. The molecule has 1 N–H and O–H groups in total. The summed E-state index contributed by atoms with van der Waals surface area (Å²) in [4.78, 5) is 2.32. The molecule has 0 heterocycles. The molecule has 0 saturated carbocycles. The first-order valence-electron chi connectivity index (χ1n) is 6.63. The van der Waals surface area contributed by atoms with E-state index in [0.29, 0.717) is 6.54 Å². The van der Waals surface area contributed by atoms with Crippen LogP contribution in [0.2, 0.25) is 0 Å². The monoisotopic (exact) mass is 284 g/mol. The second-order valence-corrected chi connectivity index (χ2v) is 6.71. The molecule has 0 radical (unpaired) electrons. The molecule has 108 valence electrons. The van der Waals surface area contributed by atoms with Gasteiger partial charge in [0.1, 0.15) is 0 Å². The Balaban J connectivity index is 2.38. The standard InChI is InChI=1S/C14H24N2O2S/c1-4-16(10-6-9-15-19(3,17)18)12-14-8-5-7-13(2)11-14/h5,7-8,11,15H,4,6,9-10,12H2,1-3H3. The summed E-state index contributed by atoms with van der Waals surface area (Å²) in [6.45, 7) is 7.50. The maximum Gasteiger partial charge on any atom is 0.208 e. The van der Waals surface area contributed by atoms with E-state index >= 15 is 0 Å². The molecule has 0 aliphatic rings. The Kier molecular flexibility index (Phi) is 6.48. The SMILES string of the molecule is CCN(CCCNS(C)(=O)=O)Cc1cccc(C)c1. The highest BCUT2D eigenvalue weighted by Gasteiger charge is 2.05. The van der Waals surface area contributed by atoms with Crippen LogP contribution in [0.25, 0.3) is 0 Å². The van der Waals surface area contributed by atoms with Crippen LogP contribution >= 0.6 is 0 Å². The van der Waals surface area contributed by atoms with E-state index in [2.05, 4.69) is 47.7 Å². The van der Waals surface area contributed by atoms with E-state index in [1.807, 2.05) is 0 Å². The summed E-state index contributed by atoms with van der Waals surface area (Å²) in [5.74, 6) is 0. The van der Waals surface area contributed by atoms with Gasteiger partial charge in [-0.2, -0.15) is 0 Å². The van der Waals surface area contributed by atoms with Gasteiger partial charge in [0.15, 0.2) is 0 Å². The van der Waals surface area contributed by atoms with Gasteiger partial charge in [0.25, 0.3) is 0 Å². The Morgan fingerprint density at radius 1 is 1.32 bits per heavy atom. The van der Waals surface area contributed by atoms with Crippen molar-refractivity contribution in [2.24, 2.45) is 0 Å². The summed E-state index contributed by atoms with van der Waals surface area (Å²) in [7, 11) is -3.06. The first-order valence-corrected chi connectivity index (χ1v) is 8.52. The summed E-state index contributed by atoms with van der Waals surface area (Å²) >= 11 is 0. The average molecular weight is 284 g/mol. The van der Waals surface area contributed by atoms with E-state index in [1.165, 1.54) is 17.4 Å². The molecule has 5 heteroatoms. The van der Waals surface area contributed by atoms with Crippen LogP contribution in [0.3, 0.4) is 0 Å². The molecule has 0 aliphatic heterocycles. The zero-order valence-electron chi connectivity index (χ0n) is 12.0. The van der Waals surface area contributed by atoms with Gasteiger partial charge < -0.3 is 0 Å². The van der Waals surface area contributed by atoms with Crippen molar-refractivity contribution < 1.29 is 8.42 Å². The van der Waals surface area contributed by atoms with Gasteiger partial charge in [0, 0.05) is 13.1 Å². The normalized spacial score (nSPS) is 12.0. The van der Waals surface area contributed by atoms with Crippen LogP contribution in [0.5, 0.6) is 0 Å². The van der Waals surface area contributed by atoms with Gasteiger partial charge in [0.05, 0.1) is 6.26 Å². The summed E-state index contributed by atoms with van der Waals surface area (Å²) in [6.07, 6.45) is 2.02. The molecule has 0 aromatic heterocycles. The van der Waals surface area contributed by atoms with Crippen LogP contribution in [0.1, 0.15) is 24.5 Å². The number of aryl methyl sites for hydroxylation is 1. The molecule has 0 fully saturated rings. The summed E-state index contributed by atoms with van der Waals surface area (Å²) < 4.78 is 24.4. The number of hydrogen-bond acceptors (Lipinski definition) is 3. The number of nitrogens with zero attached hydrogens (tertiary/aromatic N) is 1. The van der Waals surface area contributed by atoms with E-state index in [4.69, 9.17) is 0 Å². The lowest BCUT2D eigenvalue weighted by molar-refractivity contribution is 0.277. The van der Waals surface area contributed by atoms with Crippen LogP contribution in [0, 0.1) is 6.92 Å². The average Bonchev–Trinajstić information content (AvgIpc) is 2.32. The van der Waals surface area contributed by atoms with Gasteiger partial charge in [0.2, 0.25) is 10.0 Å². The quantitative estimate of drug-likeness (QED) is 0.740. The van der Waals surface area contributed by atoms with E-state index in [9.17, 15) is 8.42 Å². The Morgan fingerprint density at radius 2 is 2.05 bits per heavy atom. The number of nitrogens with one attached hydrogen (secondary N) is 1. The third-order valence-corrected chi connectivity index (χ3v) is 3.68. The molecule has 1 aromatic carbocycles. The third-order valence-electron chi connectivity index (χ3n) is 2.95. The fraction of sp³-hybridized carbons (Fsp3) is 0.571. The van der Waals surface area contributed by atoms with Crippen LogP contribution in [-0.2, 0) is 16.6 Å². The number of hydrogen-bond donors (Lipinski definition) is 1. The highest BCUT2D eigenvalue weighted by molar-refractivity contribution is 7.88. The van der Waals surface area contributed by atoms with Crippen molar-refractivity contribution in [1.82, 2.24) is 9.62 Å². The van der Waals surface area contributed by atoms with Gasteiger partial charge in [-0.3, -0.25) is 4.90 Å². The Hall–Kier alpha value is -0.910. The van der Waals surface area contributed by atoms with Crippen LogP contribution in [0.15, 0.2) is 24.3 Å². The van der Waals surface area contributed by atoms with Gasteiger partial charge >= 0.3 is 0 Å². The van der Waals surface area contributed by atoms with E-state index < -0.39 is 10.0 Å². The molecule has 0 aliphatic carbocycles. The van der Waals surface area contributed by atoms with Gasteiger partial charge in [-0.25, -0.2) is 13.1 Å². The Morgan fingerprint density at radius 3 is 2.63 bits per heavy atom. The molecule has 4 nitrogen and oxygen atoms in total. The third kappa shape index (κ3) is 7.30. The molecule has 0 bridgehead atoms. The topological polar surface area (TPSA) is 49.4 Å². The summed E-state index contributed by atoms with van der Waals surface area (Å²) in [6, 6.07) is 8.49. The molecule has 0 atom stereocenters. The minimum atomic E-state index is -3.06. The van der Waals surface area contributed by atoms with Crippen molar-refractivity contribution in [1.29, 1.82) is 0 Å². The van der Waals surface area contributed by atoms with E-state index in [0.717, 1.165) is 26.1 Å². The van der Waals surface area contributed by atoms with Gasteiger partial charge in [-0.1, -0.05) is 36.8 Å². The van der Waals surface area contributed by atoms with Crippen LogP contribution in [-0.4, -0.2) is 39.2 Å². The van der Waals surface area contributed by atoms with E-state index in [1.54, 1.807) is 0 Å². The lowest BCUT2D eigenvalue weighted by Crippen LogP contribution is -2.29. The number of rotatable bonds is 8. The summed E-state index contributed by atoms with van der Waals surface area (Å²) in [5.41, 5.74) is 2.57. The molecule has 0 saturated heterocycles. The minimum absolute atomic E-state index is 0.503. The predicted molar refractivity (Wildman–Crippen MR) is 79.6 cm³/mol.